The number of amides is 2. The molecule has 1 aromatic rings. The van der Waals surface area contributed by atoms with Gasteiger partial charge in [-0.2, -0.15) is 0 Å². The number of fused-ring (bicyclic) bond motifs is 1. The number of para-hydroxylation sites is 1. The van der Waals surface area contributed by atoms with E-state index >= 15 is 0 Å². The smallest absolute Gasteiger partial charge is 0.308 e. The van der Waals surface area contributed by atoms with E-state index in [2.05, 4.69) is 0 Å². The Morgan fingerprint density at radius 2 is 1.91 bits per heavy atom. The Kier molecular flexibility index (Phi) is 4.94. The molecule has 23 heavy (non-hydrogen) atoms. The number of halogens is 1. The number of carbonyl (C=O) groups excluding carboxylic acids is 2. The van der Waals surface area contributed by atoms with Gasteiger partial charge in [0.25, 0.3) is 0 Å². The summed E-state index contributed by atoms with van der Waals surface area (Å²) < 4.78 is 0. The number of aliphatic carboxylic acids is 1. The molecule has 2 aliphatic rings. The van der Waals surface area contributed by atoms with Gasteiger partial charge in [-0.25, -0.2) is 0 Å². The van der Waals surface area contributed by atoms with E-state index in [-0.39, 0.29) is 30.8 Å². The minimum Gasteiger partial charge on any atom is -0.481 e. The molecule has 0 saturated carbocycles. The molecule has 0 radical (unpaired) electrons. The summed E-state index contributed by atoms with van der Waals surface area (Å²) in [6, 6.07) is 6.94. The first-order valence-corrected chi connectivity index (χ1v) is 7.38. The Balaban J connectivity index is 0.00000192. The van der Waals surface area contributed by atoms with Gasteiger partial charge in [0.05, 0.1) is 5.92 Å². The molecule has 3 rings (SSSR count). The van der Waals surface area contributed by atoms with Crippen LogP contribution in [-0.2, 0) is 20.8 Å². The van der Waals surface area contributed by atoms with Crippen LogP contribution in [0.15, 0.2) is 24.3 Å². The molecule has 2 heterocycles. The van der Waals surface area contributed by atoms with E-state index < -0.39 is 17.9 Å². The highest BCUT2D eigenvalue weighted by Gasteiger charge is 2.41. The van der Waals surface area contributed by atoms with Crippen molar-refractivity contribution >= 4 is 35.9 Å². The van der Waals surface area contributed by atoms with E-state index in [0.29, 0.717) is 19.4 Å². The lowest BCUT2D eigenvalue weighted by molar-refractivity contribution is -0.141. The second kappa shape index (κ2) is 6.58. The molecule has 6 nitrogen and oxygen atoms in total. The largest absolute Gasteiger partial charge is 0.481 e. The van der Waals surface area contributed by atoms with Crippen molar-refractivity contribution in [3.8, 4) is 0 Å². The van der Waals surface area contributed by atoms with Crippen LogP contribution in [-0.4, -0.2) is 46.9 Å². The van der Waals surface area contributed by atoms with Crippen molar-refractivity contribution in [1.29, 1.82) is 0 Å². The molecule has 1 saturated heterocycles. The van der Waals surface area contributed by atoms with Gasteiger partial charge in [0.2, 0.25) is 11.8 Å². The molecule has 1 aromatic carbocycles. The van der Waals surface area contributed by atoms with Crippen LogP contribution in [0.2, 0.25) is 0 Å². The summed E-state index contributed by atoms with van der Waals surface area (Å²) >= 11 is 0. The molecule has 0 aromatic heterocycles. The highest BCUT2D eigenvalue weighted by atomic mass is 35.5. The predicted octanol–water partition coefficient (Wildman–Crippen LogP) is 1.32. The summed E-state index contributed by atoms with van der Waals surface area (Å²) in [7, 11) is 0. The molecule has 7 heteroatoms. The van der Waals surface area contributed by atoms with Crippen molar-refractivity contribution < 1.29 is 19.5 Å². The van der Waals surface area contributed by atoms with Crippen LogP contribution in [0.5, 0.6) is 0 Å². The number of hydrogen-bond donors (Lipinski definition) is 1. The van der Waals surface area contributed by atoms with Crippen LogP contribution in [0.3, 0.4) is 0 Å². The third-order valence-electron chi connectivity index (χ3n) is 4.45. The molecular weight excluding hydrogens is 320 g/mol. The quantitative estimate of drug-likeness (QED) is 0.882. The molecule has 1 N–H and O–H groups in total. The fourth-order valence-electron chi connectivity index (χ4n) is 3.35. The van der Waals surface area contributed by atoms with Crippen LogP contribution >= 0.6 is 12.4 Å². The van der Waals surface area contributed by atoms with Gasteiger partial charge in [0, 0.05) is 32.1 Å². The zero-order valence-electron chi connectivity index (χ0n) is 12.8. The Morgan fingerprint density at radius 1 is 1.22 bits per heavy atom. The third-order valence-corrected chi connectivity index (χ3v) is 4.45. The van der Waals surface area contributed by atoms with E-state index in [4.69, 9.17) is 5.11 Å². The van der Waals surface area contributed by atoms with Gasteiger partial charge in [0.15, 0.2) is 0 Å². The topological polar surface area (TPSA) is 77.9 Å². The molecule has 0 bridgehead atoms. The average Bonchev–Trinajstić information content (AvgIpc) is 3.11. The lowest BCUT2D eigenvalue weighted by atomic mass is 10.1. The van der Waals surface area contributed by atoms with E-state index in [1.807, 2.05) is 24.3 Å². The molecule has 1 unspecified atom stereocenters. The Labute approximate surface area is 140 Å². The Hall–Kier alpha value is -2.08. The van der Waals surface area contributed by atoms with Gasteiger partial charge in [-0.15, -0.1) is 12.4 Å². The lowest BCUT2D eigenvalue weighted by Crippen LogP contribution is -2.48. The minimum absolute atomic E-state index is 0. The number of carboxylic acids is 1. The molecular formula is C16H19ClN2O4. The molecule has 0 aliphatic carbocycles. The number of nitrogens with zero attached hydrogens (tertiary/aromatic N) is 2. The molecule has 124 valence electrons. The monoisotopic (exact) mass is 338 g/mol. The van der Waals surface area contributed by atoms with Crippen molar-refractivity contribution in [3.05, 3.63) is 29.8 Å². The van der Waals surface area contributed by atoms with Crippen LogP contribution < -0.4 is 4.90 Å². The van der Waals surface area contributed by atoms with Crippen LogP contribution in [0, 0.1) is 5.92 Å². The maximum atomic E-state index is 12.7. The van der Waals surface area contributed by atoms with E-state index in [1.54, 1.807) is 4.90 Å². The number of benzene rings is 1. The minimum atomic E-state index is -0.867. The fraction of sp³-hybridized carbons (Fsp3) is 0.438. The third kappa shape index (κ3) is 3.03. The summed E-state index contributed by atoms with van der Waals surface area (Å²) in [5, 5.41) is 9.06. The number of likely N-dealkylation sites (tertiary alicyclic amines) is 1. The van der Waals surface area contributed by atoms with Gasteiger partial charge in [-0.3, -0.25) is 19.3 Å². The highest BCUT2D eigenvalue weighted by molar-refractivity contribution is 6.02. The van der Waals surface area contributed by atoms with Crippen LogP contribution in [0.25, 0.3) is 0 Å². The SMILES string of the molecule is CC(=O)N1c2ccccc2C[C@H]1C(=O)N1CCC(C(=O)O)C1.Cl. The average molecular weight is 339 g/mol. The van der Waals surface area contributed by atoms with Crippen molar-refractivity contribution in [1.82, 2.24) is 4.90 Å². The van der Waals surface area contributed by atoms with Crippen molar-refractivity contribution in [2.45, 2.75) is 25.8 Å². The van der Waals surface area contributed by atoms with Gasteiger partial charge in [-0.05, 0) is 18.1 Å². The van der Waals surface area contributed by atoms with Gasteiger partial charge < -0.3 is 10.0 Å². The van der Waals surface area contributed by atoms with Gasteiger partial charge >= 0.3 is 5.97 Å². The number of carbonyl (C=O) groups is 3. The fourth-order valence-corrected chi connectivity index (χ4v) is 3.35. The molecule has 2 atom stereocenters. The van der Waals surface area contributed by atoms with Gasteiger partial charge in [0.1, 0.15) is 6.04 Å². The van der Waals surface area contributed by atoms with Crippen molar-refractivity contribution in [3.63, 3.8) is 0 Å². The number of rotatable bonds is 2. The van der Waals surface area contributed by atoms with E-state index in [1.165, 1.54) is 11.8 Å². The number of anilines is 1. The zero-order valence-corrected chi connectivity index (χ0v) is 13.6. The molecule has 0 spiro atoms. The number of carboxylic acid groups (broad SMARTS) is 1. The van der Waals surface area contributed by atoms with E-state index in [0.717, 1.165) is 11.3 Å². The van der Waals surface area contributed by atoms with E-state index in [9.17, 15) is 14.4 Å². The summed E-state index contributed by atoms with van der Waals surface area (Å²) in [4.78, 5) is 38.9. The molecule has 1 fully saturated rings. The maximum Gasteiger partial charge on any atom is 0.308 e. The first-order chi connectivity index (χ1) is 10.5. The zero-order chi connectivity index (χ0) is 15.9. The first kappa shape index (κ1) is 17.3. The second-order valence-corrected chi connectivity index (χ2v) is 5.85. The summed E-state index contributed by atoms with van der Waals surface area (Å²) in [6.45, 7) is 2.12. The summed E-state index contributed by atoms with van der Waals surface area (Å²) in [6.07, 6.45) is 0.962. The first-order valence-electron chi connectivity index (χ1n) is 7.38. The Bertz CT molecular complexity index is 649. The second-order valence-electron chi connectivity index (χ2n) is 5.85. The van der Waals surface area contributed by atoms with Crippen molar-refractivity contribution in [2.75, 3.05) is 18.0 Å². The van der Waals surface area contributed by atoms with Gasteiger partial charge in [-0.1, -0.05) is 18.2 Å². The molecule has 2 aliphatic heterocycles. The van der Waals surface area contributed by atoms with Crippen molar-refractivity contribution in [2.24, 2.45) is 5.92 Å². The maximum absolute atomic E-state index is 12.7. The lowest BCUT2D eigenvalue weighted by Gasteiger charge is -2.27. The van der Waals surface area contributed by atoms with Crippen LogP contribution in [0.1, 0.15) is 18.9 Å². The Morgan fingerprint density at radius 3 is 2.52 bits per heavy atom. The normalized spacial score (nSPS) is 22.5. The standard InChI is InChI=1S/C16H18N2O4.ClH/c1-10(19)18-13-5-3-2-4-11(13)8-14(18)15(20)17-7-6-12(9-17)16(21)22;/h2-5,12,14H,6-9H2,1H3,(H,21,22);1H/t12?,14-;/m0./s1. The predicted molar refractivity (Wildman–Crippen MR) is 86.7 cm³/mol. The number of hydrogen-bond acceptors (Lipinski definition) is 3. The summed E-state index contributed by atoms with van der Waals surface area (Å²) in [5.74, 6) is -1.70. The summed E-state index contributed by atoms with van der Waals surface area (Å²) in [5.41, 5.74) is 1.76. The highest BCUT2D eigenvalue weighted by Crippen LogP contribution is 2.33. The molecule has 2 amide bonds. The van der Waals surface area contributed by atoms with Crippen LogP contribution in [0.4, 0.5) is 5.69 Å².